The zero-order valence-electron chi connectivity index (χ0n) is 13.0. The fraction of sp³-hybridized carbons (Fsp3) is 0.800. The summed E-state index contributed by atoms with van der Waals surface area (Å²) < 4.78 is 0. The Bertz CT molecular complexity index is 446. The number of rotatable bonds is 4. The Morgan fingerprint density at radius 2 is 2.00 bits per heavy atom. The first-order valence-electron chi connectivity index (χ1n) is 7.72. The molecule has 0 saturated heterocycles. The molecular weight excluding hydrogens is 252 g/mol. The van der Waals surface area contributed by atoms with Crippen molar-refractivity contribution >= 4 is 5.91 Å². The highest BCUT2D eigenvalue weighted by molar-refractivity contribution is 5.90. The second-order valence-electron chi connectivity index (χ2n) is 6.20. The van der Waals surface area contributed by atoms with Crippen LogP contribution in [-0.4, -0.2) is 39.1 Å². The van der Waals surface area contributed by atoms with Gasteiger partial charge in [0.05, 0.1) is 0 Å². The van der Waals surface area contributed by atoms with Crippen LogP contribution in [0.4, 0.5) is 0 Å². The van der Waals surface area contributed by atoms with E-state index in [1.54, 1.807) is 0 Å². The Hall–Kier alpha value is -1.39. The third-order valence-corrected chi connectivity index (χ3v) is 4.50. The number of H-pyrrole nitrogens is 1. The lowest BCUT2D eigenvalue weighted by atomic mass is 9.84. The second-order valence-corrected chi connectivity index (χ2v) is 6.20. The largest absolute Gasteiger partial charge is 0.336 e. The minimum atomic E-state index is -0.0619. The minimum Gasteiger partial charge on any atom is -0.336 e. The molecule has 0 unspecified atom stereocenters. The van der Waals surface area contributed by atoms with E-state index in [1.165, 1.54) is 19.3 Å². The fourth-order valence-electron chi connectivity index (χ4n) is 2.89. The standard InChI is InChI=1S/C15H26N4O/c1-5-11-6-8-12(9-7-11)19(4)15(20)14-16-13(10(2)3)17-18-14/h10-12H,5-9H2,1-4H3,(H,16,17,18). The number of carbonyl (C=O) groups is 1. The molecular formula is C15H26N4O. The predicted molar refractivity (Wildman–Crippen MR) is 78.6 cm³/mol. The van der Waals surface area contributed by atoms with Gasteiger partial charge in [-0.15, -0.1) is 5.10 Å². The normalized spacial score (nSPS) is 23.1. The van der Waals surface area contributed by atoms with Crippen molar-refractivity contribution in [3.8, 4) is 0 Å². The molecule has 0 atom stereocenters. The molecule has 1 fully saturated rings. The van der Waals surface area contributed by atoms with Crippen LogP contribution >= 0.6 is 0 Å². The van der Waals surface area contributed by atoms with Gasteiger partial charge >= 0.3 is 0 Å². The monoisotopic (exact) mass is 278 g/mol. The summed E-state index contributed by atoms with van der Waals surface area (Å²) in [5.41, 5.74) is 0. The van der Waals surface area contributed by atoms with Crippen molar-refractivity contribution in [2.24, 2.45) is 5.92 Å². The summed E-state index contributed by atoms with van der Waals surface area (Å²) in [6.45, 7) is 6.32. The van der Waals surface area contributed by atoms with Crippen molar-refractivity contribution in [3.05, 3.63) is 11.6 Å². The van der Waals surface area contributed by atoms with E-state index in [2.05, 4.69) is 22.1 Å². The van der Waals surface area contributed by atoms with Gasteiger partial charge in [0.2, 0.25) is 5.82 Å². The molecule has 1 N–H and O–H groups in total. The molecule has 112 valence electrons. The summed E-state index contributed by atoms with van der Waals surface area (Å²) in [6, 6.07) is 0.339. The molecule has 2 rings (SSSR count). The highest BCUT2D eigenvalue weighted by Crippen LogP contribution is 2.29. The summed E-state index contributed by atoms with van der Waals surface area (Å²) in [5, 5.41) is 6.91. The zero-order chi connectivity index (χ0) is 14.7. The van der Waals surface area contributed by atoms with Crippen LogP contribution < -0.4 is 0 Å². The third-order valence-electron chi connectivity index (χ3n) is 4.50. The van der Waals surface area contributed by atoms with Crippen LogP contribution in [-0.2, 0) is 0 Å². The molecule has 5 nitrogen and oxygen atoms in total. The topological polar surface area (TPSA) is 61.9 Å². The average molecular weight is 278 g/mol. The number of aromatic nitrogens is 3. The Morgan fingerprint density at radius 1 is 1.35 bits per heavy atom. The van der Waals surface area contributed by atoms with E-state index >= 15 is 0 Å². The van der Waals surface area contributed by atoms with Crippen LogP contribution in [0, 0.1) is 5.92 Å². The molecule has 0 aromatic carbocycles. The van der Waals surface area contributed by atoms with Gasteiger partial charge in [-0.3, -0.25) is 9.89 Å². The molecule has 1 saturated carbocycles. The highest BCUT2D eigenvalue weighted by atomic mass is 16.2. The van der Waals surface area contributed by atoms with Crippen LogP contribution in [0.5, 0.6) is 0 Å². The number of carbonyl (C=O) groups excluding carboxylic acids is 1. The lowest BCUT2D eigenvalue weighted by Crippen LogP contribution is -2.39. The van der Waals surface area contributed by atoms with Gasteiger partial charge in [0, 0.05) is 19.0 Å². The maximum absolute atomic E-state index is 12.4. The Balaban J connectivity index is 1.97. The number of nitrogens with zero attached hydrogens (tertiary/aromatic N) is 3. The van der Waals surface area contributed by atoms with Crippen molar-refractivity contribution in [1.82, 2.24) is 20.1 Å². The van der Waals surface area contributed by atoms with Gasteiger partial charge in [0.25, 0.3) is 5.91 Å². The van der Waals surface area contributed by atoms with Crippen LogP contribution in [0.1, 0.15) is 75.2 Å². The van der Waals surface area contributed by atoms with Crippen LogP contribution in [0.25, 0.3) is 0 Å². The summed E-state index contributed by atoms with van der Waals surface area (Å²) in [4.78, 5) is 18.5. The van der Waals surface area contributed by atoms with Crippen LogP contribution in [0.2, 0.25) is 0 Å². The first kappa shape index (κ1) is 15.0. The Kier molecular flexibility index (Phi) is 4.78. The second kappa shape index (κ2) is 6.37. The number of hydrogen-bond acceptors (Lipinski definition) is 3. The SMILES string of the molecule is CCC1CCC(N(C)C(=O)c2n[nH]c(C(C)C)n2)CC1. The van der Waals surface area contributed by atoms with E-state index in [1.807, 2.05) is 25.8 Å². The lowest BCUT2D eigenvalue weighted by molar-refractivity contribution is 0.0662. The predicted octanol–water partition coefficient (Wildman–Crippen LogP) is 2.97. The summed E-state index contributed by atoms with van der Waals surface area (Å²) in [6.07, 6.45) is 5.90. The van der Waals surface area contributed by atoms with Crippen molar-refractivity contribution in [3.63, 3.8) is 0 Å². The molecule has 0 bridgehead atoms. The maximum atomic E-state index is 12.4. The number of hydrogen-bond donors (Lipinski definition) is 1. The molecule has 0 spiro atoms. The van der Waals surface area contributed by atoms with E-state index in [0.717, 1.165) is 24.6 Å². The molecule has 1 aromatic heterocycles. The molecule has 0 radical (unpaired) electrons. The quantitative estimate of drug-likeness (QED) is 0.921. The van der Waals surface area contributed by atoms with Crippen molar-refractivity contribution in [1.29, 1.82) is 0 Å². The molecule has 1 aliphatic carbocycles. The number of aromatic amines is 1. The lowest BCUT2D eigenvalue weighted by Gasteiger charge is -2.33. The van der Waals surface area contributed by atoms with Gasteiger partial charge in [-0.25, -0.2) is 4.98 Å². The first-order valence-corrected chi connectivity index (χ1v) is 7.72. The van der Waals surface area contributed by atoms with Gasteiger partial charge in [-0.05, 0) is 31.6 Å². The molecule has 1 aromatic rings. The summed E-state index contributed by atoms with van der Waals surface area (Å²) >= 11 is 0. The fourth-order valence-corrected chi connectivity index (χ4v) is 2.89. The van der Waals surface area contributed by atoms with Crippen LogP contribution in [0.15, 0.2) is 0 Å². The zero-order valence-corrected chi connectivity index (χ0v) is 13.0. The minimum absolute atomic E-state index is 0.0619. The molecule has 5 heteroatoms. The van der Waals surface area contributed by atoms with Gasteiger partial charge in [0.15, 0.2) is 0 Å². The van der Waals surface area contributed by atoms with Crippen LogP contribution in [0.3, 0.4) is 0 Å². The molecule has 0 aliphatic heterocycles. The number of amides is 1. The summed E-state index contributed by atoms with van der Waals surface area (Å²) in [5.74, 6) is 2.11. The maximum Gasteiger partial charge on any atom is 0.293 e. The number of nitrogens with one attached hydrogen (secondary N) is 1. The molecule has 20 heavy (non-hydrogen) atoms. The van der Waals surface area contributed by atoms with Crippen molar-refractivity contribution in [2.75, 3.05) is 7.05 Å². The van der Waals surface area contributed by atoms with E-state index in [-0.39, 0.29) is 11.8 Å². The van der Waals surface area contributed by atoms with Gasteiger partial charge in [-0.1, -0.05) is 27.2 Å². The van der Waals surface area contributed by atoms with E-state index in [9.17, 15) is 4.79 Å². The van der Waals surface area contributed by atoms with E-state index < -0.39 is 0 Å². The third kappa shape index (κ3) is 3.19. The van der Waals surface area contributed by atoms with Crippen molar-refractivity contribution in [2.45, 2.75) is 64.8 Å². The highest BCUT2D eigenvalue weighted by Gasteiger charge is 2.28. The molecule has 1 heterocycles. The smallest absolute Gasteiger partial charge is 0.293 e. The van der Waals surface area contributed by atoms with E-state index in [0.29, 0.717) is 11.9 Å². The first-order chi connectivity index (χ1) is 9.52. The van der Waals surface area contributed by atoms with Gasteiger partial charge < -0.3 is 4.90 Å². The molecule has 1 amide bonds. The van der Waals surface area contributed by atoms with Gasteiger partial charge in [0.1, 0.15) is 5.82 Å². The van der Waals surface area contributed by atoms with Gasteiger partial charge in [-0.2, -0.15) is 0 Å². The molecule has 1 aliphatic rings. The van der Waals surface area contributed by atoms with E-state index in [4.69, 9.17) is 0 Å². The Morgan fingerprint density at radius 3 is 2.50 bits per heavy atom. The Labute approximate surface area is 121 Å². The average Bonchev–Trinajstić information content (AvgIpc) is 2.96. The van der Waals surface area contributed by atoms with Crippen molar-refractivity contribution < 1.29 is 4.79 Å². The summed E-state index contributed by atoms with van der Waals surface area (Å²) in [7, 11) is 1.88.